The molecule has 4 heterocycles. The van der Waals surface area contributed by atoms with Crippen LogP contribution in [-0.4, -0.2) is 53.9 Å². The van der Waals surface area contributed by atoms with Gasteiger partial charge in [0.1, 0.15) is 18.1 Å². The van der Waals surface area contributed by atoms with Gasteiger partial charge in [0.15, 0.2) is 0 Å². The lowest BCUT2D eigenvalue weighted by molar-refractivity contribution is -0.138. The number of piperidine rings is 1. The van der Waals surface area contributed by atoms with Gasteiger partial charge in [-0.3, -0.25) is 14.8 Å². The summed E-state index contributed by atoms with van der Waals surface area (Å²) in [5, 5.41) is 31.5. The zero-order chi connectivity index (χ0) is 22.2. The summed E-state index contributed by atoms with van der Waals surface area (Å²) in [6.45, 7) is 1.35. The molecule has 11 nitrogen and oxygen atoms in total. The number of rotatable bonds is 5. The number of hydrogen-bond donors (Lipinski definition) is 1. The molecule has 3 atom stereocenters. The van der Waals surface area contributed by atoms with E-state index >= 15 is 0 Å². The Morgan fingerprint density at radius 2 is 2.00 bits per heavy atom. The predicted octanol–water partition coefficient (Wildman–Crippen LogP) is 0.958. The minimum atomic E-state index is -0.570. The molecule has 0 unspecified atom stereocenters. The molecule has 2 aromatic heterocycles. The summed E-state index contributed by atoms with van der Waals surface area (Å²) in [4.78, 5) is 28.1. The number of hydrogen-bond acceptors (Lipinski definition) is 8. The minimum Gasteiger partial charge on any atom is -0.733 e. The molecule has 1 aromatic carbocycles. The van der Waals surface area contributed by atoms with Crippen LogP contribution in [0.3, 0.4) is 0 Å². The van der Waals surface area contributed by atoms with Crippen molar-refractivity contribution in [3.05, 3.63) is 75.6 Å². The van der Waals surface area contributed by atoms with E-state index in [2.05, 4.69) is 15.5 Å². The van der Waals surface area contributed by atoms with Crippen molar-refractivity contribution in [2.24, 2.45) is 5.92 Å². The molecule has 166 valence electrons. The summed E-state index contributed by atoms with van der Waals surface area (Å²) >= 11 is 0. The number of likely N-dealkylation sites (tertiary alicyclic amines) is 1. The molecule has 32 heavy (non-hydrogen) atoms. The molecule has 5 rings (SSSR count). The number of aromatic nitrogens is 5. The van der Waals surface area contributed by atoms with Gasteiger partial charge in [-0.25, -0.2) is 4.68 Å². The Morgan fingerprint density at radius 1 is 1.19 bits per heavy atom. The van der Waals surface area contributed by atoms with Crippen molar-refractivity contribution in [1.29, 1.82) is 0 Å². The quantitative estimate of drug-likeness (QED) is 0.585. The highest BCUT2D eigenvalue weighted by molar-refractivity contribution is 5.81. The Balaban J connectivity index is 1.42. The highest BCUT2D eigenvalue weighted by Crippen LogP contribution is 2.36. The van der Waals surface area contributed by atoms with Crippen molar-refractivity contribution in [3.8, 4) is 0 Å². The van der Waals surface area contributed by atoms with Gasteiger partial charge in [-0.2, -0.15) is 0 Å². The van der Waals surface area contributed by atoms with E-state index in [-0.39, 0.29) is 23.4 Å². The van der Waals surface area contributed by atoms with E-state index in [0.29, 0.717) is 26.1 Å². The minimum absolute atomic E-state index is 0.0294. The van der Waals surface area contributed by atoms with Crippen LogP contribution in [0.25, 0.3) is 0 Å². The number of benzene rings is 1. The van der Waals surface area contributed by atoms with Crippen LogP contribution in [0.2, 0.25) is 0 Å². The molecule has 0 aliphatic carbocycles. The van der Waals surface area contributed by atoms with Gasteiger partial charge in [0.05, 0.1) is 0 Å². The van der Waals surface area contributed by atoms with Crippen LogP contribution in [0.15, 0.2) is 53.6 Å². The van der Waals surface area contributed by atoms with Crippen molar-refractivity contribution in [2.75, 3.05) is 18.3 Å². The first-order valence-corrected chi connectivity index (χ1v) is 10.5. The fraction of sp³-hybridized carbons (Fsp3) is 0.381. The predicted molar refractivity (Wildman–Crippen MR) is 113 cm³/mol. The Bertz CT molecular complexity index is 1160. The second-order valence-corrected chi connectivity index (χ2v) is 8.37. The Morgan fingerprint density at radius 3 is 2.72 bits per heavy atom. The molecule has 3 aromatic rings. The van der Waals surface area contributed by atoms with E-state index < -0.39 is 16.8 Å². The maximum absolute atomic E-state index is 13.6. The van der Waals surface area contributed by atoms with Gasteiger partial charge in [-0.05, 0) is 40.5 Å². The molecule has 2 aliphatic rings. The fourth-order valence-electron chi connectivity index (χ4n) is 4.91. The van der Waals surface area contributed by atoms with Crippen LogP contribution < -0.4 is 10.8 Å². The second kappa shape index (κ2) is 8.17. The molecule has 1 fully saturated rings. The number of fused-ring (bicyclic) bond motifs is 4. The first-order valence-electron chi connectivity index (χ1n) is 10.5. The van der Waals surface area contributed by atoms with Crippen molar-refractivity contribution in [3.63, 3.8) is 0 Å². The van der Waals surface area contributed by atoms with Gasteiger partial charge in [-0.1, -0.05) is 30.3 Å². The number of tetrazole rings is 1. The summed E-state index contributed by atoms with van der Waals surface area (Å²) in [5.74, 6) is -0.0224. The maximum atomic E-state index is 13.6. The third-order valence-corrected chi connectivity index (χ3v) is 6.34. The average Bonchev–Trinajstić information content (AvgIpc) is 3.33. The Labute approximate surface area is 183 Å². The van der Waals surface area contributed by atoms with E-state index in [1.165, 1.54) is 17.1 Å². The average molecular weight is 436 g/mol. The number of nitrogens with zero attached hydrogens (tertiary/aromatic N) is 7. The normalized spacial score (nSPS) is 20.5. The van der Waals surface area contributed by atoms with Crippen LogP contribution in [0.4, 0.5) is 5.69 Å². The second-order valence-electron chi connectivity index (χ2n) is 8.37. The van der Waals surface area contributed by atoms with Crippen LogP contribution in [0.1, 0.15) is 29.6 Å². The molecular formula is C21H22N7O4-. The molecule has 1 amide bonds. The lowest BCUT2D eigenvalue weighted by Crippen LogP contribution is -2.51. The van der Waals surface area contributed by atoms with Crippen molar-refractivity contribution in [1.82, 2.24) is 29.7 Å². The van der Waals surface area contributed by atoms with Crippen molar-refractivity contribution < 1.29 is 10.0 Å². The smallest absolute Gasteiger partial charge is 0.275 e. The van der Waals surface area contributed by atoms with Crippen LogP contribution in [0, 0.1) is 11.1 Å². The zero-order valence-corrected chi connectivity index (χ0v) is 17.2. The van der Waals surface area contributed by atoms with Gasteiger partial charge in [0.25, 0.3) is 5.56 Å². The number of carbonyl (C=O) groups excluding carboxylic acids is 1. The zero-order valence-electron chi connectivity index (χ0n) is 17.2. The van der Waals surface area contributed by atoms with Gasteiger partial charge < -0.3 is 19.9 Å². The summed E-state index contributed by atoms with van der Waals surface area (Å²) in [6.07, 6.45) is 2.78. The third-order valence-electron chi connectivity index (χ3n) is 6.34. The van der Waals surface area contributed by atoms with Crippen LogP contribution >= 0.6 is 0 Å². The lowest BCUT2D eigenvalue weighted by Gasteiger charge is -2.44. The van der Waals surface area contributed by atoms with Crippen LogP contribution in [0.5, 0.6) is 0 Å². The summed E-state index contributed by atoms with van der Waals surface area (Å²) in [6, 6.07) is 12.2. The monoisotopic (exact) mass is 436 g/mol. The van der Waals surface area contributed by atoms with E-state index in [1.54, 1.807) is 10.6 Å². The molecule has 0 spiro atoms. The number of anilines is 1. The number of pyridine rings is 1. The number of amides is 1. The summed E-state index contributed by atoms with van der Waals surface area (Å²) in [7, 11) is 0. The van der Waals surface area contributed by atoms with Gasteiger partial charge >= 0.3 is 0 Å². The van der Waals surface area contributed by atoms with E-state index in [1.807, 2.05) is 35.2 Å². The first-order chi connectivity index (χ1) is 15.5. The molecule has 0 radical (unpaired) electrons. The molecule has 0 saturated carbocycles. The highest BCUT2D eigenvalue weighted by atomic mass is 16.8. The summed E-state index contributed by atoms with van der Waals surface area (Å²) < 4.78 is 3.05. The first kappa shape index (κ1) is 20.3. The van der Waals surface area contributed by atoms with E-state index in [9.17, 15) is 20.0 Å². The molecule has 1 N–H and O–H groups in total. The van der Waals surface area contributed by atoms with Crippen LogP contribution in [-0.2, 0) is 17.8 Å². The summed E-state index contributed by atoms with van der Waals surface area (Å²) in [5.41, 5.74) is 0.971. The Hall–Kier alpha value is -3.57. The molecule has 2 aliphatic heterocycles. The maximum Gasteiger partial charge on any atom is 0.275 e. The largest absolute Gasteiger partial charge is 0.733 e. The molecule has 2 bridgehead atoms. The van der Waals surface area contributed by atoms with E-state index in [0.717, 1.165) is 17.7 Å². The highest BCUT2D eigenvalue weighted by Gasteiger charge is 2.39. The lowest BCUT2D eigenvalue weighted by atomic mass is 9.82. The third kappa shape index (κ3) is 3.65. The van der Waals surface area contributed by atoms with E-state index in [4.69, 9.17) is 0 Å². The van der Waals surface area contributed by atoms with Crippen molar-refractivity contribution >= 4 is 11.6 Å². The standard InChI is InChI=1S/C21H22N7O4/c29-20(19(27-13-22-23-24-27)9-14-4-2-1-3-5-14)25-10-15-8-16(12-25)17-6-7-18(28(31)32)21(30)26(17)11-15/h1-7,13,15-16,19,31H,8-12H2/q-1/t15-,16+,19+/m1/s1. The van der Waals surface area contributed by atoms with Crippen molar-refractivity contribution in [2.45, 2.75) is 31.3 Å². The molecule has 1 saturated heterocycles. The molecular weight excluding hydrogens is 414 g/mol. The SMILES string of the molecule is O=C([C@H](Cc1ccccc1)n1cnnn1)N1C[C@H]2C[C@@H](C1)c1ccc(N([O-])O)c(=O)n1C2. The van der Waals surface area contributed by atoms with Gasteiger partial charge in [0, 0.05) is 37.7 Å². The van der Waals surface area contributed by atoms with Gasteiger partial charge in [-0.15, -0.1) is 5.10 Å². The van der Waals surface area contributed by atoms with Gasteiger partial charge in [0.2, 0.25) is 5.91 Å². The molecule has 11 heteroatoms. The topological polar surface area (TPSA) is 132 Å². The number of carbonyl (C=O) groups is 1. The fourth-order valence-corrected chi connectivity index (χ4v) is 4.91. The Kier molecular flexibility index (Phi) is 5.19.